The van der Waals surface area contributed by atoms with Crippen LogP contribution in [0.5, 0.6) is 0 Å². The molecule has 1 aliphatic rings. The number of nitrogens with zero attached hydrogens (tertiary/aromatic N) is 2. The number of rotatable bonds is 4. The van der Waals surface area contributed by atoms with Crippen LogP contribution in [0.1, 0.15) is 17.2 Å². The zero-order valence-electron chi connectivity index (χ0n) is 12.8. The molecule has 0 spiro atoms. The molecule has 8 heteroatoms. The maximum absolute atomic E-state index is 12.3. The third kappa shape index (κ3) is 5.05. The Morgan fingerprint density at radius 3 is 2.55 bits per heavy atom. The zero-order chi connectivity index (χ0) is 16.4. The highest BCUT2D eigenvalue weighted by Gasteiger charge is 2.24. The molecular weight excluding hydrogens is 324 g/mol. The first-order valence-corrected chi connectivity index (χ1v) is 10.8. The summed E-state index contributed by atoms with van der Waals surface area (Å²) in [4.78, 5) is 1.99. The minimum absolute atomic E-state index is 0.223. The molecule has 6 nitrogen and oxygen atoms in total. The van der Waals surface area contributed by atoms with E-state index in [4.69, 9.17) is 0 Å². The first-order chi connectivity index (χ1) is 10.2. The number of aliphatic hydroxyl groups excluding tert-OH is 1. The molecule has 1 saturated heterocycles. The van der Waals surface area contributed by atoms with Crippen LogP contribution < -0.4 is 0 Å². The van der Waals surface area contributed by atoms with Crippen molar-refractivity contribution in [3.05, 3.63) is 35.4 Å². The van der Waals surface area contributed by atoms with Crippen LogP contribution in [0.4, 0.5) is 0 Å². The first-order valence-electron chi connectivity index (χ1n) is 7.08. The molecule has 0 radical (unpaired) electrons. The van der Waals surface area contributed by atoms with Crippen molar-refractivity contribution >= 4 is 19.8 Å². The normalized spacial score (nSPS) is 20.5. The van der Waals surface area contributed by atoms with Gasteiger partial charge in [0.1, 0.15) is 0 Å². The lowest BCUT2D eigenvalue weighted by Crippen LogP contribution is -2.42. The van der Waals surface area contributed by atoms with Crippen LogP contribution in [0.2, 0.25) is 0 Å². The molecule has 22 heavy (non-hydrogen) atoms. The lowest BCUT2D eigenvalue weighted by Gasteiger charge is -2.30. The monoisotopic (exact) mass is 346 g/mol. The van der Waals surface area contributed by atoms with Gasteiger partial charge in [-0.1, -0.05) is 29.8 Å². The van der Waals surface area contributed by atoms with Crippen LogP contribution in [0.15, 0.2) is 28.0 Å². The predicted octanol–water partition coefficient (Wildman–Crippen LogP) is 0.772. The number of aliphatic hydroxyl groups is 1. The van der Waals surface area contributed by atoms with Gasteiger partial charge in [-0.15, -0.1) is 3.77 Å². The van der Waals surface area contributed by atoms with Crippen LogP contribution in [-0.2, 0) is 19.8 Å². The average molecular weight is 346 g/mol. The second kappa shape index (κ2) is 6.66. The van der Waals surface area contributed by atoms with E-state index in [1.165, 1.54) is 0 Å². The van der Waals surface area contributed by atoms with Gasteiger partial charge in [0.2, 0.25) is 0 Å². The predicted molar refractivity (Wildman–Crippen MR) is 87.7 cm³/mol. The lowest BCUT2D eigenvalue weighted by atomic mass is 10.1. The van der Waals surface area contributed by atoms with Crippen molar-refractivity contribution in [3.8, 4) is 0 Å². The van der Waals surface area contributed by atoms with Gasteiger partial charge in [0.05, 0.1) is 22.1 Å². The lowest BCUT2D eigenvalue weighted by molar-refractivity contribution is 0.118. The maximum atomic E-state index is 12.3. The minimum atomic E-state index is -3.59. The Hall–Kier alpha value is -0.960. The van der Waals surface area contributed by atoms with Crippen molar-refractivity contribution < 1.29 is 17.7 Å². The second-order valence-electron chi connectivity index (χ2n) is 5.72. The van der Waals surface area contributed by atoms with Crippen LogP contribution in [0.25, 0.3) is 0 Å². The number of sulfonamides is 1. The zero-order valence-corrected chi connectivity index (χ0v) is 14.4. The van der Waals surface area contributed by atoms with Crippen LogP contribution in [0.3, 0.4) is 0 Å². The fraction of sp³-hybridized carbons (Fsp3) is 0.571. The first kappa shape index (κ1) is 17.4. The van der Waals surface area contributed by atoms with Gasteiger partial charge in [0.25, 0.3) is 10.0 Å². The molecule has 1 unspecified atom stereocenters. The summed E-state index contributed by atoms with van der Waals surface area (Å²) in [6.07, 6.45) is 0.356. The Balaban J connectivity index is 1.98. The van der Waals surface area contributed by atoms with Gasteiger partial charge >= 0.3 is 0 Å². The largest absolute Gasteiger partial charge is 0.387 e. The van der Waals surface area contributed by atoms with E-state index in [-0.39, 0.29) is 11.5 Å². The summed E-state index contributed by atoms with van der Waals surface area (Å²) in [5.74, 6) is 0.446. The highest BCUT2D eigenvalue weighted by atomic mass is 32.3. The highest BCUT2D eigenvalue weighted by molar-refractivity contribution is 8.03. The fourth-order valence-corrected chi connectivity index (χ4v) is 6.35. The van der Waals surface area contributed by atoms with Crippen molar-refractivity contribution in [3.63, 3.8) is 0 Å². The molecule has 1 aromatic carbocycles. The van der Waals surface area contributed by atoms with Crippen molar-refractivity contribution in [2.75, 3.05) is 37.4 Å². The van der Waals surface area contributed by atoms with E-state index in [9.17, 15) is 17.7 Å². The van der Waals surface area contributed by atoms with E-state index in [0.29, 0.717) is 19.6 Å². The van der Waals surface area contributed by atoms with Crippen LogP contribution in [0, 0.1) is 6.92 Å². The molecule has 0 amide bonds. The topological polar surface area (TPSA) is 87.0 Å². The third-order valence-electron chi connectivity index (χ3n) is 3.58. The molecule has 1 N–H and O–H groups in total. The van der Waals surface area contributed by atoms with E-state index in [2.05, 4.69) is 3.77 Å². The number of β-amino-alcohol motifs (C(OH)–C–C–N with tert-alkyl or cyclic N) is 1. The SMILES string of the molecule is Cc1cccc(C(O)CN2CCS(=O)(=NS(C)(=O)=O)CC2)c1. The molecule has 2 rings (SSSR count). The molecule has 0 saturated carbocycles. The number of benzene rings is 1. The van der Waals surface area contributed by atoms with Gasteiger partial charge in [0.15, 0.2) is 0 Å². The van der Waals surface area contributed by atoms with Crippen molar-refractivity contribution in [1.82, 2.24) is 4.90 Å². The molecular formula is C14H22N2O4S2. The standard InChI is InChI=1S/C14H22N2O4S2/c1-12-4-3-5-13(10-12)14(17)11-16-6-8-22(20,9-7-16)15-21(2,18)19/h3-5,10,14,17H,6-9,11H2,1-2H3. The Morgan fingerprint density at radius 2 is 2.00 bits per heavy atom. The van der Waals surface area contributed by atoms with E-state index < -0.39 is 25.9 Å². The van der Waals surface area contributed by atoms with Crippen molar-refractivity contribution in [2.24, 2.45) is 3.77 Å². The van der Waals surface area contributed by atoms with E-state index in [1.54, 1.807) is 0 Å². The Labute approximate surface area is 132 Å². The van der Waals surface area contributed by atoms with Gasteiger partial charge in [-0.05, 0) is 12.5 Å². The quantitative estimate of drug-likeness (QED) is 0.870. The summed E-state index contributed by atoms with van der Waals surface area (Å²) in [7, 11) is -6.26. The summed E-state index contributed by atoms with van der Waals surface area (Å²) in [6, 6.07) is 7.70. The second-order valence-corrected chi connectivity index (χ2v) is 10.1. The third-order valence-corrected chi connectivity index (χ3v) is 7.39. The molecule has 1 fully saturated rings. The van der Waals surface area contributed by atoms with Crippen LogP contribution in [-0.4, -0.2) is 60.0 Å². The summed E-state index contributed by atoms with van der Waals surface area (Å²) in [5.41, 5.74) is 1.94. The molecule has 124 valence electrons. The minimum Gasteiger partial charge on any atom is -0.387 e. The summed E-state index contributed by atoms with van der Waals surface area (Å²) in [6.45, 7) is 3.36. The number of hydrogen-bond donors (Lipinski definition) is 1. The summed E-state index contributed by atoms with van der Waals surface area (Å²) < 4.78 is 38.2. The van der Waals surface area contributed by atoms with Gasteiger partial charge in [0, 0.05) is 31.1 Å². The smallest absolute Gasteiger partial charge is 0.257 e. The summed E-state index contributed by atoms with van der Waals surface area (Å²) >= 11 is 0. The Morgan fingerprint density at radius 1 is 1.36 bits per heavy atom. The Kier molecular flexibility index (Phi) is 5.26. The molecule has 0 aliphatic carbocycles. The Bertz CT molecular complexity index is 738. The molecule has 0 bridgehead atoms. The number of hydrogen-bond acceptors (Lipinski definition) is 5. The maximum Gasteiger partial charge on any atom is 0.257 e. The van der Waals surface area contributed by atoms with Crippen molar-refractivity contribution in [1.29, 1.82) is 0 Å². The molecule has 0 aromatic heterocycles. The van der Waals surface area contributed by atoms with Gasteiger partial charge < -0.3 is 5.11 Å². The van der Waals surface area contributed by atoms with E-state index in [1.807, 2.05) is 36.1 Å². The fourth-order valence-electron chi connectivity index (χ4n) is 2.49. The average Bonchev–Trinajstić information content (AvgIpc) is 2.39. The van der Waals surface area contributed by atoms with Gasteiger partial charge in [-0.2, -0.15) is 0 Å². The number of aryl methyl sites for hydroxylation is 1. The van der Waals surface area contributed by atoms with Crippen molar-refractivity contribution in [2.45, 2.75) is 13.0 Å². The molecule has 1 heterocycles. The summed E-state index contributed by atoms with van der Waals surface area (Å²) in [5, 5.41) is 10.3. The van der Waals surface area contributed by atoms with E-state index >= 15 is 0 Å². The molecule has 1 aromatic rings. The van der Waals surface area contributed by atoms with E-state index in [0.717, 1.165) is 17.4 Å². The molecule has 1 aliphatic heterocycles. The highest BCUT2D eigenvalue weighted by Crippen LogP contribution is 2.17. The molecule has 1 atom stereocenters. The van der Waals surface area contributed by atoms with Gasteiger partial charge in [-0.3, -0.25) is 4.90 Å². The van der Waals surface area contributed by atoms with Crippen LogP contribution >= 0.6 is 0 Å². The van der Waals surface area contributed by atoms with Gasteiger partial charge in [-0.25, -0.2) is 12.6 Å².